The number of halogens is 1. The molecular weight excluding hydrogens is 469 g/mol. The number of aliphatic imine (C=N–C) groups is 1. The Morgan fingerprint density at radius 2 is 1.96 bits per heavy atom. The maximum Gasteiger partial charge on any atom is 0.226 e. The van der Waals surface area contributed by atoms with Crippen LogP contribution in [0, 0.1) is 0 Å². The number of benzene rings is 1. The lowest BCUT2D eigenvalue weighted by Crippen LogP contribution is -2.36. The van der Waals surface area contributed by atoms with E-state index in [1.807, 2.05) is 49.4 Å². The van der Waals surface area contributed by atoms with Crippen molar-refractivity contribution < 1.29 is 9.15 Å². The number of hydrogen-bond acceptors (Lipinski definition) is 5. The summed E-state index contributed by atoms with van der Waals surface area (Å²) in [7, 11) is 1.61. The van der Waals surface area contributed by atoms with E-state index >= 15 is 0 Å². The Bertz CT molecular complexity index is 883. The predicted molar refractivity (Wildman–Crippen MR) is 120 cm³/mol. The van der Waals surface area contributed by atoms with Crippen LogP contribution in [0.1, 0.15) is 18.2 Å². The molecular formula is C20H24IN5O2. The number of guanidine groups is 1. The van der Waals surface area contributed by atoms with Crippen LogP contribution < -0.4 is 15.4 Å². The number of nitrogens with zero attached hydrogens (tertiary/aromatic N) is 3. The summed E-state index contributed by atoms with van der Waals surface area (Å²) >= 11 is 0. The molecule has 2 N–H and O–H groups in total. The van der Waals surface area contributed by atoms with E-state index in [-0.39, 0.29) is 24.0 Å². The number of aromatic nitrogens is 2. The van der Waals surface area contributed by atoms with E-state index in [0.29, 0.717) is 30.8 Å². The van der Waals surface area contributed by atoms with Crippen molar-refractivity contribution >= 4 is 29.9 Å². The zero-order valence-electron chi connectivity index (χ0n) is 15.9. The van der Waals surface area contributed by atoms with Crippen LogP contribution >= 0.6 is 24.0 Å². The summed E-state index contributed by atoms with van der Waals surface area (Å²) in [5.74, 6) is 1.88. The third-order valence-corrected chi connectivity index (χ3v) is 3.80. The van der Waals surface area contributed by atoms with Gasteiger partial charge in [-0.25, -0.2) is 15.0 Å². The molecule has 0 radical (unpaired) electrons. The fraction of sp³-hybridized carbons (Fsp3) is 0.250. The first-order valence-corrected chi connectivity index (χ1v) is 8.80. The summed E-state index contributed by atoms with van der Waals surface area (Å²) in [6.45, 7) is 3.74. The first-order chi connectivity index (χ1) is 13.3. The Kier molecular flexibility index (Phi) is 8.73. The van der Waals surface area contributed by atoms with Crippen molar-refractivity contribution in [2.45, 2.75) is 20.0 Å². The van der Waals surface area contributed by atoms with Crippen molar-refractivity contribution in [3.8, 4) is 17.3 Å². The van der Waals surface area contributed by atoms with Crippen molar-refractivity contribution in [1.29, 1.82) is 0 Å². The van der Waals surface area contributed by atoms with Crippen LogP contribution in [0.15, 0.2) is 64.3 Å². The molecule has 0 saturated heterocycles. The fourth-order valence-corrected chi connectivity index (χ4v) is 2.51. The molecule has 0 aliphatic carbocycles. The molecule has 0 atom stereocenters. The van der Waals surface area contributed by atoms with Gasteiger partial charge in [-0.05, 0) is 25.1 Å². The SMILES string of the molecule is CCNC(=NCc1cccnc1OC)NCc1coc(-c2ccccc2)n1.I. The highest BCUT2D eigenvalue weighted by atomic mass is 127. The summed E-state index contributed by atoms with van der Waals surface area (Å²) < 4.78 is 10.8. The molecule has 7 nitrogen and oxygen atoms in total. The van der Waals surface area contributed by atoms with Crippen LogP contribution in [-0.4, -0.2) is 29.6 Å². The van der Waals surface area contributed by atoms with Crippen LogP contribution in [0.3, 0.4) is 0 Å². The molecule has 0 aliphatic heterocycles. The van der Waals surface area contributed by atoms with Crippen LogP contribution in [-0.2, 0) is 13.1 Å². The first-order valence-electron chi connectivity index (χ1n) is 8.80. The van der Waals surface area contributed by atoms with E-state index in [9.17, 15) is 0 Å². The average Bonchev–Trinajstić information content (AvgIpc) is 3.20. The van der Waals surface area contributed by atoms with E-state index < -0.39 is 0 Å². The van der Waals surface area contributed by atoms with E-state index in [4.69, 9.17) is 9.15 Å². The lowest BCUT2D eigenvalue weighted by Gasteiger charge is -2.10. The van der Waals surface area contributed by atoms with Crippen molar-refractivity contribution in [2.75, 3.05) is 13.7 Å². The number of ether oxygens (including phenoxy) is 1. The number of methoxy groups -OCH3 is 1. The van der Waals surface area contributed by atoms with Gasteiger partial charge in [-0.2, -0.15) is 0 Å². The zero-order valence-corrected chi connectivity index (χ0v) is 18.2. The Morgan fingerprint density at radius 1 is 1.14 bits per heavy atom. The highest BCUT2D eigenvalue weighted by Crippen LogP contribution is 2.18. The fourth-order valence-electron chi connectivity index (χ4n) is 2.51. The van der Waals surface area contributed by atoms with Crippen molar-refractivity contribution in [2.24, 2.45) is 4.99 Å². The minimum atomic E-state index is 0. The van der Waals surface area contributed by atoms with Gasteiger partial charge in [-0.1, -0.05) is 24.3 Å². The molecule has 2 aromatic heterocycles. The zero-order chi connectivity index (χ0) is 18.9. The number of nitrogens with one attached hydrogen (secondary N) is 2. The van der Waals surface area contributed by atoms with Crippen LogP contribution in [0.4, 0.5) is 0 Å². The van der Waals surface area contributed by atoms with Gasteiger partial charge < -0.3 is 19.8 Å². The average molecular weight is 493 g/mol. The smallest absolute Gasteiger partial charge is 0.226 e. The van der Waals surface area contributed by atoms with Gasteiger partial charge in [0.1, 0.15) is 6.26 Å². The van der Waals surface area contributed by atoms with Crippen molar-refractivity contribution in [1.82, 2.24) is 20.6 Å². The van der Waals surface area contributed by atoms with Gasteiger partial charge in [0.2, 0.25) is 11.8 Å². The molecule has 3 rings (SSSR count). The maximum atomic E-state index is 5.57. The molecule has 0 spiro atoms. The number of oxazole rings is 1. The second-order valence-electron chi connectivity index (χ2n) is 5.73. The van der Waals surface area contributed by atoms with Gasteiger partial charge in [0.25, 0.3) is 0 Å². The second kappa shape index (κ2) is 11.3. The molecule has 0 bridgehead atoms. The molecule has 2 heterocycles. The molecule has 1 aromatic carbocycles. The van der Waals surface area contributed by atoms with Gasteiger partial charge in [0.15, 0.2) is 5.96 Å². The first kappa shape index (κ1) is 21.7. The number of hydrogen-bond donors (Lipinski definition) is 2. The molecule has 0 saturated carbocycles. The van der Waals surface area contributed by atoms with Gasteiger partial charge in [0.05, 0.1) is 25.9 Å². The molecule has 0 aliphatic rings. The second-order valence-corrected chi connectivity index (χ2v) is 5.73. The molecule has 0 fully saturated rings. The Balaban J connectivity index is 0.00000280. The highest BCUT2D eigenvalue weighted by molar-refractivity contribution is 14.0. The quantitative estimate of drug-likeness (QED) is 0.297. The lowest BCUT2D eigenvalue weighted by atomic mass is 10.2. The standard InChI is InChI=1S/C20H23N5O2.HI/c1-3-21-20(23-12-16-10-7-11-22-18(16)26-2)24-13-17-14-27-19(25-17)15-8-5-4-6-9-15;/h4-11,14H,3,12-13H2,1-2H3,(H2,21,23,24);1H. The van der Waals surface area contributed by atoms with E-state index in [1.165, 1.54) is 0 Å². The van der Waals surface area contributed by atoms with Crippen molar-refractivity contribution in [3.63, 3.8) is 0 Å². The van der Waals surface area contributed by atoms with E-state index in [1.54, 1.807) is 19.6 Å². The third kappa shape index (κ3) is 5.95. The van der Waals surface area contributed by atoms with Crippen LogP contribution in [0.2, 0.25) is 0 Å². The van der Waals surface area contributed by atoms with E-state index in [2.05, 4.69) is 25.6 Å². The lowest BCUT2D eigenvalue weighted by molar-refractivity contribution is 0.392. The predicted octanol–water partition coefficient (Wildman–Crippen LogP) is 3.62. The Hall–Kier alpha value is -2.62. The van der Waals surface area contributed by atoms with Gasteiger partial charge in [0, 0.05) is 23.9 Å². The number of pyridine rings is 1. The largest absolute Gasteiger partial charge is 0.481 e. The molecule has 8 heteroatoms. The van der Waals surface area contributed by atoms with Crippen LogP contribution in [0.25, 0.3) is 11.5 Å². The summed E-state index contributed by atoms with van der Waals surface area (Å²) in [6, 6.07) is 13.6. The van der Waals surface area contributed by atoms with Gasteiger partial charge in [-0.3, -0.25) is 0 Å². The maximum absolute atomic E-state index is 5.57. The van der Waals surface area contributed by atoms with Crippen LogP contribution in [0.5, 0.6) is 5.88 Å². The molecule has 3 aromatic rings. The van der Waals surface area contributed by atoms with Gasteiger partial charge in [-0.15, -0.1) is 24.0 Å². The summed E-state index contributed by atoms with van der Waals surface area (Å²) in [5.41, 5.74) is 2.68. The minimum Gasteiger partial charge on any atom is -0.481 e. The topological polar surface area (TPSA) is 84.6 Å². The normalized spacial score (nSPS) is 10.9. The molecule has 28 heavy (non-hydrogen) atoms. The van der Waals surface area contributed by atoms with Gasteiger partial charge >= 0.3 is 0 Å². The summed E-state index contributed by atoms with van der Waals surface area (Å²) in [4.78, 5) is 13.3. The van der Waals surface area contributed by atoms with Crippen molar-refractivity contribution in [3.05, 3.63) is 66.2 Å². The molecule has 148 valence electrons. The monoisotopic (exact) mass is 493 g/mol. The molecule has 0 unspecified atom stereocenters. The number of rotatable bonds is 7. The summed E-state index contributed by atoms with van der Waals surface area (Å²) in [6.07, 6.45) is 3.35. The van der Waals surface area contributed by atoms with E-state index in [0.717, 1.165) is 23.4 Å². The minimum absolute atomic E-state index is 0. The third-order valence-electron chi connectivity index (χ3n) is 3.80. The Labute approximate surface area is 181 Å². The Morgan fingerprint density at radius 3 is 2.71 bits per heavy atom. The molecule has 0 amide bonds. The highest BCUT2D eigenvalue weighted by Gasteiger charge is 2.08. The summed E-state index contributed by atoms with van der Waals surface area (Å²) in [5, 5.41) is 6.48.